The van der Waals surface area contributed by atoms with Gasteiger partial charge in [-0.1, -0.05) is 6.07 Å². The third kappa shape index (κ3) is 2.81. The maximum absolute atomic E-state index is 12.6. The minimum atomic E-state index is -0.0955. The molecule has 0 aliphatic carbocycles. The van der Waals surface area contributed by atoms with E-state index >= 15 is 0 Å². The van der Waals surface area contributed by atoms with E-state index in [0.29, 0.717) is 30.2 Å². The first-order chi connectivity index (χ1) is 9.15. The second kappa shape index (κ2) is 5.93. The lowest BCUT2D eigenvalue weighted by atomic mass is 10.0. The van der Waals surface area contributed by atoms with E-state index in [9.17, 15) is 4.79 Å². The van der Waals surface area contributed by atoms with Gasteiger partial charge in [0.15, 0.2) is 0 Å². The van der Waals surface area contributed by atoms with Gasteiger partial charge in [0.05, 0.1) is 7.11 Å². The summed E-state index contributed by atoms with van der Waals surface area (Å²) in [4.78, 5) is 14.3. The Labute approximate surface area is 113 Å². The summed E-state index contributed by atoms with van der Waals surface area (Å²) in [5, 5.41) is 0. The second-order valence-electron chi connectivity index (χ2n) is 4.68. The molecule has 104 valence electrons. The minimum absolute atomic E-state index is 0.0955. The molecule has 1 aliphatic rings. The van der Waals surface area contributed by atoms with Gasteiger partial charge in [0.2, 0.25) is 0 Å². The summed E-state index contributed by atoms with van der Waals surface area (Å²) in [7, 11) is 3.35. The Morgan fingerprint density at radius 1 is 1.42 bits per heavy atom. The van der Waals surface area contributed by atoms with E-state index < -0.39 is 0 Å². The van der Waals surface area contributed by atoms with Crippen LogP contribution in [0.3, 0.4) is 0 Å². The van der Waals surface area contributed by atoms with Gasteiger partial charge < -0.3 is 20.1 Å². The third-order valence-corrected chi connectivity index (χ3v) is 3.55. The summed E-state index contributed by atoms with van der Waals surface area (Å²) in [5.41, 5.74) is 6.80. The average molecular weight is 264 g/mol. The molecule has 2 N–H and O–H groups in total. The van der Waals surface area contributed by atoms with Gasteiger partial charge in [-0.15, -0.1) is 0 Å². The standard InChI is InChI=1S/C14H20N2O3/c1-16(10-6-8-19-9-7-10)14(17)13-11(15)4-3-5-12(13)18-2/h3-5,10H,6-9,15H2,1-2H3. The van der Waals surface area contributed by atoms with Crippen molar-refractivity contribution in [2.45, 2.75) is 18.9 Å². The predicted octanol–water partition coefficient (Wildman–Crippen LogP) is 1.53. The Hall–Kier alpha value is -1.75. The molecule has 0 unspecified atom stereocenters. The van der Waals surface area contributed by atoms with Gasteiger partial charge in [-0.3, -0.25) is 4.79 Å². The van der Waals surface area contributed by atoms with Crippen molar-refractivity contribution in [2.24, 2.45) is 0 Å². The second-order valence-corrected chi connectivity index (χ2v) is 4.68. The van der Waals surface area contributed by atoms with Crippen LogP contribution in [0.1, 0.15) is 23.2 Å². The molecule has 0 atom stereocenters. The maximum atomic E-state index is 12.6. The third-order valence-electron chi connectivity index (χ3n) is 3.55. The molecule has 0 aromatic heterocycles. The highest BCUT2D eigenvalue weighted by molar-refractivity contribution is 6.01. The SMILES string of the molecule is COc1cccc(N)c1C(=O)N(C)C1CCOCC1. The number of methoxy groups -OCH3 is 1. The van der Waals surface area contributed by atoms with Crippen molar-refractivity contribution in [3.05, 3.63) is 23.8 Å². The zero-order valence-corrected chi connectivity index (χ0v) is 11.4. The van der Waals surface area contributed by atoms with E-state index in [1.807, 2.05) is 7.05 Å². The molecule has 5 heteroatoms. The highest BCUT2D eigenvalue weighted by Gasteiger charge is 2.26. The number of carbonyl (C=O) groups excluding carboxylic acids is 1. The highest BCUT2D eigenvalue weighted by atomic mass is 16.5. The first-order valence-corrected chi connectivity index (χ1v) is 6.42. The number of carbonyl (C=O) groups is 1. The molecule has 2 rings (SSSR count). The van der Waals surface area contributed by atoms with Crippen LogP contribution < -0.4 is 10.5 Å². The van der Waals surface area contributed by atoms with Gasteiger partial charge in [-0.05, 0) is 25.0 Å². The molecule has 5 nitrogen and oxygen atoms in total. The summed E-state index contributed by atoms with van der Waals surface area (Å²) in [5.74, 6) is 0.422. The molecule has 1 aromatic rings. The van der Waals surface area contributed by atoms with Crippen LogP contribution in [0, 0.1) is 0 Å². The Balaban J connectivity index is 2.23. The number of nitrogens with two attached hydrogens (primary N) is 1. The monoisotopic (exact) mass is 264 g/mol. The summed E-state index contributed by atoms with van der Waals surface area (Å²) in [6.07, 6.45) is 1.72. The lowest BCUT2D eigenvalue weighted by Crippen LogP contribution is -2.41. The fourth-order valence-corrected chi connectivity index (χ4v) is 2.36. The van der Waals surface area contributed by atoms with Crippen LogP contribution in [0.25, 0.3) is 0 Å². The maximum Gasteiger partial charge on any atom is 0.259 e. The number of nitrogens with zero attached hydrogens (tertiary/aromatic N) is 1. The number of amides is 1. The largest absolute Gasteiger partial charge is 0.496 e. The van der Waals surface area contributed by atoms with Crippen molar-refractivity contribution in [1.82, 2.24) is 4.90 Å². The number of hydrogen-bond acceptors (Lipinski definition) is 4. The van der Waals surface area contributed by atoms with Crippen molar-refractivity contribution in [2.75, 3.05) is 33.1 Å². The lowest BCUT2D eigenvalue weighted by molar-refractivity contribution is 0.0361. The molecule has 1 aromatic carbocycles. The molecule has 1 fully saturated rings. The molecule has 1 amide bonds. The summed E-state index contributed by atoms with van der Waals surface area (Å²) in [6, 6.07) is 5.44. The average Bonchev–Trinajstić information content (AvgIpc) is 2.46. The smallest absolute Gasteiger partial charge is 0.259 e. The quantitative estimate of drug-likeness (QED) is 0.841. The van der Waals surface area contributed by atoms with Gasteiger partial charge >= 0.3 is 0 Å². The van der Waals surface area contributed by atoms with Crippen molar-refractivity contribution < 1.29 is 14.3 Å². The molecule has 1 saturated heterocycles. The molecule has 0 radical (unpaired) electrons. The van der Waals surface area contributed by atoms with Crippen molar-refractivity contribution in [1.29, 1.82) is 0 Å². The van der Waals surface area contributed by atoms with Crippen molar-refractivity contribution in [3.63, 3.8) is 0 Å². The van der Waals surface area contributed by atoms with Gasteiger partial charge in [0, 0.05) is 32.0 Å². The Kier molecular flexibility index (Phi) is 4.27. The summed E-state index contributed by atoms with van der Waals surface area (Å²) in [6.45, 7) is 1.40. The van der Waals surface area contributed by atoms with Gasteiger partial charge in [-0.2, -0.15) is 0 Å². The van der Waals surface area contributed by atoms with Crippen LogP contribution in [0.15, 0.2) is 18.2 Å². The molecule has 1 heterocycles. The van der Waals surface area contributed by atoms with Crippen LogP contribution >= 0.6 is 0 Å². The van der Waals surface area contributed by atoms with E-state index in [2.05, 4.69) is 0 Å². The first-order valence-electron chi connectivity index (χ1n) is 6.42. The number of nitrogen functional groups attached to an aromatic ring is 1. The molecule has 0 saturated carbocycles. The van der Waals surface area contributed by atoms with Crippen molar-refractivity contribution >= 4 is 11.6 Å². The topological polar surface area (TPSA) is 64.8 Å². The lowest BCUT2D eigenvalue weighted by Gasteiger charge is -2.31. The predicted molar refractivity (Wildman–Crippen MR) is 73.3 cm³/mol. The van der Waals surface area contributed by atoms with E-state index in [-0.39, 0.29) is 11.9 Å². The number of rotatable bonds is 3. The number of ether oxygens (including phenoxy) is 2. The first kappa shape index (κ1) is 13.7. The van der Waals surface area contributed by atoms with E-state index in [0.717, 1.165) is 12.8 Å². The highest BCUT2D eigenvalue weighted by Crippen LogP contribution is 2.27. The van der Waals surface area contributed by atoms with E-state index in [1.54, 1.807) is 30.2 Å². The zero-order chi connectivity index (χ0) is 13.8. The number of anilines is 1. The number of hydrogen-bond donors (Lipinski definition) is 1. The minimum Gasteiger partial charge on any atom is -0.496 e. The Morgan fingerprint density at radius 2 is 2.11 bits per heavy atom. The molecule has 19 heavy (non-hydrogen) atoms. The molecule has 0 bridgehead atoms. The van der Waals surface area contributed by atoms with Crippen LogP contribution in [-0.4, -0.2) is 44.2 Å². The van der Waals surface area contributed by atoms with E-state index in [4.69, 9.17) is 15.2 Å². The Morgan fingerprint density at radius 3 is 2.74 bits per heavy atom. The van der Waals surface area contributed by atoms with Crippen LogP contribution in [0.4, 0.5) is 5.69 Å². The van der Waals surface area contributed by atoms with Crippen LogP contribution in [-0.2, 0) is 4.74 Å². The summed E-state index contributed by atoms with van der Waals surface area (Å²) >= 11 is 0. The fourth-order valence-electron chi connectivity index (χ4n) is 2.36. The van der Waals surface area contributed by atoms with E-state index in [1.165, 1.54) is 0 Å². The molecule has 1 aliphatic heterocycles. The van der Waals surface area contributed by atoms with Crippen LogP contribution in [0.5, 0.6) is 5.75 Å². The zero-order valence-electron chi connectivity index (χ0n) is 11.4. The Bertz CT molecular complexity index is 456. The normalized spacial score (nSPS) is 16.1. The van der Waals surface area contributed by atoms with Crippen LogP contribution in [0.2, 0.25) is 0 Å². The molecular weight excluding hydrogens is 244 g/mol. The number of benzene rings is 1. The van der Waals surface area contributed by atoms with Crippen molar-refractivity contribution in [3.8, 4) is 5.75 Å². The van der Waals surface area contributed by atoms with Gasteiger partial charge in [0.1, 0.15) is 11.3 Å². The molecule has 0 spiro atoms. The fraction of sp³-hybridized carbons (Fsp3) is 0.500. The van der Waals surface area contributed by atoms with Gasteiger partial charge in [0.25, 0.3) is 5.91 Å². The molecular formula is C14H20N2O3. The summed E-state index contributed by atoms with van der Waals surface area (Å²) < 4.78 is 10.5. The van der Waals surface area contributed by atoms with Gasteiger partial charge in [-0.25, -0.2) is 0 Å².